The van der Waals surface area contributed by atoms with Crippen LogP contribution in [0, 0.1) is 19.8 Å². The number of piperazine rings is 1. The van der Waals surface area contributed by atoms with Crippen LogP contribution in [0.4, 0.5) is 11.8 Å². The quantitative estimate of drug-likeness (QED) is 0.306. The smallest absolute Gasteiger partial charge is 0.222 e. The van der Waals surface area contributed by atoms with Gasteiger partial charge in [0, 0.05) is 45.8 Å². The average Bonchev–Trinajstić information content (AvgIpc) is 3.67. The van der Waals surface area contributed by atoms with Crippen LogP contribution in [0.5, 0.6) is 0 Å². The first-order chi connectivity index (χ1) is 17.9. The van der Waals surface area contributed by atoms with Crippen LogP contribution in [-0.4, -0.2) is 91.7 Å². The van der Waals surface area contributed by atoms with E-state index >= 15 is 0 Å². The van der Waals surface area contributed by atoms with E-state index in [4.69, 9.17) is 15.9 Å². The Hall–Kier alpha value is -2.79. The molecular formula is C27H40N8O2. The molecule has 1 aromatic carbocycles. The molecule has 10 heteroatoms. The molecule has 1 saturated heterocycles. The summed E-state index contributed by atoms with van der Waals surface area (Å²) in [6, 6.07) is 6.70. The van der Waals surface area contributed by atoms with Gasteiger partial charge in [0.1, 0.15) is 11.0 Å². The zero-order valence-corrected chi connectivity index (χ0v) is 22.0. The molecule has 1 saturated carbocycles. The summed E-state index contributed by atoms with van der Waals surface area (Å²) in [4.78, 5) is 13.7. The van der Waals surface area contributed by atoms with E-state index in [0.717, 1.165) is 68.8 Å². The van der Waals surface area contributed by atoms with Gasteiger partial charge >= 0.3 is 0 Å². The molecular weight excluding hydrogens is 468 g/mol. The van der Waals surface area contributed by atoms with Gasteiger partial charge in [0.15, 0.2) is 5.82 Å². The number of hydrogen-bond donors (Lipinski definition) is 4. The number of aromatic nitrogens is 4. The van der Waals surface area contributed by atoms with Crippen molar-refractivity contribution in [3.63, 3.8) is 0 Å². The molecule has 3 aromatic rings. The van der Waals surface area contributed by atoms with Crippen LogP contribution in [0.3, 0.4) is 0 Å². The Bertz CT molecular complexity index is 1220. The number of aryl methyl sites for hydroxylation is 2. The number of anilines is 2. The number of fused-ring (bicyclic) bond motifs is 1. The summed E-state index contributed by atoms with van der Waals surface area (Å²) in [7, 11) is 0. The molecule has 2 aromatic heterocycles. The van der Waals surface area contributed by atoms with Crippen molar-refractivity contribution in [3.05, 3.63) is 40.6 Å². The first-order valence-electron chi connectivity index (χ1n) is 13.5. The third-order valence-electron chi connectivity index (χ3n) is 7.69. The van der Waals surface area contributed by atoms with Gasteiger partial charge < -0.3 is 21.3 Å². The van der Waals surface area contributed by atoms with Gasteiger partial charge in [0.05, 0.1) is 24.9 Å². The molecule has 5 rings (SSSR count). The van der Waals surface area contributed by atoms with Crippen LogP contribution in [0.15, 0.2) is 18.2 Å². The first kappa shape index (κ1) is 25.8. The number of aliphatic hydroxyl groups excluding tert-OH is 2. The highest BCUT2D eigenvalue weighted by atomic mass is 16.3. The number of nitrogens with two attached hydrogens (primary N) is 1. The largest absolute Gasteiger partial charge is 0.395 e. The maximum absolute atomic E-state index is 10.2. The topological polar surface area (TPSA) is 129 Å². The third kappa shape index (κ3) is 6.20. The summed E-state index contributed by atoms with van der Waals surface area (Å²) >= 11 is 0. The molecule has 200 valence electrons. The SMILES string of the molecule is Cc1cc(CN2CCN(CCO)CC2)ccc1Cn1nc(C)c2nc(N)nc(NCC[C@H](O)C3CC3)c21. The number of nitrogen functional groups attached to an aromatic ring is 1. The predicted octanol–water partition coefficient (Wildman–Crippen LogP) is 1.76. The summed E-state index contributed by atoms with van der Waals surface area (Å²) < 4.78 is 1.96. The van der Waals surface area contributed by atoms with Crippen LogP contribution in [0.2, 0.25) is 0 Å². The van der Waals surface area contributed by atoms with E-state index < -0.39 is 0 Å². The maximum Gasteiger partial charge on any atom is 0.222 e. The van der Waals surface area contributed by atoms with Gasteiger partial charge in [-0.05, 0) is 55.7 Å². The molecule has 0 radical (unpaired) electrons. The highest BCUT2D eigenvalue weighted by Gasteiger charge is 2.29. The van der Waals surface area contributed by atoms with Gasteiger partial charge in [-0.1, -0.05) is 18.2 Å². The van der Waals surface area contributed by atoms with Crippen LogP contribution >= 0.6 is 0 Å². The zero-order chi connectivity index (χ0) is 25.9. The predicted molar refractivity (Wildman–Crippen MR) is 145 cm³/mol. The Labute approximate surface area is 218 Å². The highest BCUT2D eigenvalue weighted by Crippen LogP contribution is 2.34. The summed E-state index contributed by atoms with van der Waals surface area (Å²) in [5.41, 5.74) is 12.2. The highest BCUT2D eigenvalue weighted by molar-refractivity contribution is 5.88. The third-order valence-corrected chi connectivity index (χ3v) is 7.69. The second kappa shape index (κ2) is 11.3. The van der Waals surface area contributed by atoms with E-state index in [9.17, 15) is 5.11 Å². The lowest BCUT2D eigenvalue weighted by molar-refractivity contribution is 0.108. The lowest BCUT2D eigenvalue weighted by Crippen LogP contribution is -2.46. The Kier molecular flexibility index (Phi) is 7.89. The zero-order valence-electron chi connectivity index (χ0n) is 22.0. The number of hydrogen-bond acceptors (Lipinski definition) is 9. The number of nitrogens with one attached hydrogen (secondary N) is 1. The summed E-state index contributed by atoms with van der Waals surface area (Å²) in [5, 5.41) is 27.6. The van der Waals surface area contributed by atoms with Gasteiger partial charge in [0.25, 0.3) is 0 Å². The van der Waals surface area contributed by atoms with E-state index in [1.54, 1.807) is 0 Å². The monoisotopic (exact) mass is 508 g/mol. The molecule has 0 unspecified atom stereocenters. The molecule has 37 heavy (non-hydrogen) atoms. The van der Waals surface area contributed by atoms with Crippen molar-refractivity contribution >= 4 is 22.8 Å². The average molecular weight is 509 g/mol. The van der Waals surface area contributed by atoms with Crippen molar-refractivity contribution in [3.8, 4) is 0 Å². The number of β-amino-alcohol motifs (C(OH)–C–C–N with tert-alkyl or cyclic N) is 1. The minimum absolute atomic E-state index is 0.220. The van der Waals surface area contributed by atoms with E-state index in [1.165, 1.54) is 16.7 Å². The van der Waals surface area contributed by atoms with Crippen LogP contribution in [-0.2, 0) is 13.1 Å². The molecule has 1 aliphatic heterocycles. The van der Waals surface area contributed by atoms with Gasteiger partial charge in [-0.15, -0.1) is 0 Å². The summed E-state index contributed by atoms with van der Waals surface area (Å²) in [6.45, 7) is 11.3. The number of benzene rings is 1. The Morgan fingerprint density at radius 1 is 1.08 bits per heavy atom. The fourth-order valence-electron chi connectivity index (χ4n) is 5.31. The molecule has 5 N–H and O–H groups in total. The minimum atomic E-state index is -0.264. The number of aliphatic hydroxyl groups is 2. The van der Waals surface area contributed by atoms with Crippen molar-refractivity contribution in [1.29, 1.82) is 0 Å². The second-order valence-corrected chi connectivity index (χ2v) is 10.6. The van der Waals surface area contributed by atoms with E-state index in [1.807, 2.05) is 11.6 Å². The van der Waals surface area contributed by atoms with Crippen molar-refractivity contribution in [1.82, 2.24) is 29.5 Å². The molecule has 1 atom stereocenters. The van der Waals surface area contributed by atoms with Crippen molar-refractivity contribution < 1.29 is 10.2 Å². The fourth-order valence-corrected chi connectivity index (χ4v) is 5.31. The Balaban J connectivity index is 1.29. The lowest BCUT2D eigenvalue weighted by atomic mass is 10.0. The van der Waals surface area contributed by atoms with Crippen LogP contribution in [0.25, 0.3) is 11.0 Å². The molecule has 2 fully saturated rings. The molecule has 1 aliphatic carbocycles. The first-order valence-corrected chi connectivity index (χ1v) is 13.5. The van der Waals surface area contributed by atoms with E-state index in [2.05, 4.69) is 50.2 Å². The minimum Gasteiger partial charge on any atom is -0.395 e. The van der Waals surface area contributed by atoms with Crippen LogP contribution < -0.4 is 11.1 Å². The Morgan fingerprint density at radius 3 is 2.54 bits per heavy atom. The normalized spacial score (nSPS) is 17.9. The van der Waals surface area contributed by atoms with Gasteiger partial charge in [-0.25, -0.2) is 4.98 Å². The van der Waals surface area contributed by atoms with E-state index in [-0.39, 0.29) is 18.7 Å². The lowest BCUT2D eigenvalue weighted by Gasteiger charge is -2.34. The van der Waals surface area contributed by atoms with Crippen LogP contribution in [0.1, 0.15) is 41.6 Å². The standard InChI is InChI=1S/C27H40N8O2/c1-18-15-20(16-34-11-9-33(10-12-34)13-14-36)3-4-22(18)17-35-25-24(19(2)32-35)30-27(28)31-26(25)29-8-7-23(37)21-5-6-21/h3-4,15,21,23,36-37H,5-14,16-17H2,1-2H3,(H3,28,29,30,31)/t23-/m0/s1. The Morgan fingerprint density at radius 2 is 1.84 bits per heavy atom. The fraction of sp³-hybridized carbons (Fsp3) is 0.593. The molecule has 2 aliphatic rings. The molecule has 0 spiro atoms. The molecule has 10 nitrogen and oxygen atoms in total. The van der Waals surface area contributed by atoms with Crippen molar-refractivity contribution in [2.75, 3.05) is 56.9 Å². The van der Waals surface area contributed by atoms with Crippen molar-refractivity contribution in [2.45, 2.75) is 52.3 Å². The van der Waals surface area contributed by atoms with Crippen molar-refractivity contribution in [2.24, 2.45) is 5.92 Å². The number of nitrogens with zero attached hydrogens (tertiary/aromatic N) is 6. The van der Waals surface area contributed by atoms with E-state index in [0.29, 0.717) is 31.2 Å². The summed E-state index contributed by atoms with van der Waals surface area (Å²) in [6.07, 6.45) is 2.66. The second-order valence-electron chi connectivity index (χ2n) is 10.6. The molecule has 0 amide bonds. The molecule has 0 bridgehead atoms. The maximum atomic E-state index is 10.2. The van der Waals surface area contributed by atoms with Gasteiger partial charge in [-0.3, -0.25) is 14.5 Å². The van der Waals surface area contributed by atoms with Gasteiger partial charge in [-0.2, -0.15) is 10.1 Å². The number of rotatable bonds is 11. The summed E-state index contributed by atoms with van der Waals surface area (Å²) in [5.74, 6) is 1.34. The van der Waals surface area contributed by atoms with Gasteiger partial charge in [0.2, 0.25) is 5.95 Å². The molecule has 3 heterocycles.